The van der Waals surface area contributed by atoms with Crippen LogP contribution >= 0.6 is 11.8 Å². The van der Waals surface area contributed by atoms with E-state index in [2.05, 4.69) is 65.0 Å². The standard InChI is InChI=1S/C29H38O3S/c1-20(2)14-16-29(17-15-22-10-8-7-9-11-22)19-24(30)26(27(31)32-29)33-25-18-21(3)12-13-23(25)28(4,5)6/h7-13,18,20,26H,14-17,19H2,1-6H3. The lowest BCUT2D eigenvalue weighted by Gasteiger charge is -2.39. The van der Waals surface area contributed by atoms with Gasteiger partial charge in [0.1, 0.15) is 5.60 Å². The summed E-state index contributed by atoms with van der Waals surface area (Å²) in [6.45, 7) is 12.8. The first-order valence-electron chi connectivity index (χ1n) is 12.1. The molecule has 1 aliphatic heterocycles. The van der Waals surface area contributed by atoms with E-state index in [1.54, 1.807) is 0 Å². The normalized spacial score (nSPS) is 21.4. The summed E-state index contributed by atoms with van der Waals surface area (Å²) in [5.74, 6) is 0.102. The van der Waals surface area contributed by atoms with Crippen LogP contribution in [-0.4, -0.2) is 22.6 Å². The van der Waals surface area contributed by atoms with Gasteiger partial charge in [-0.05, 0) is 66.7 Å². The number of thioether (sulfide) groups is 1. The predicted octanol–water partition coefficient (Wildman–Crippen LogP) is 7.08. The Balaban J connectivity index is 1.81. The van der Waals surface area contributed by atoms with E-state index in [0.717, 1.165) is 35.3 Å². The third-order valence-corrected chi connectivity index (χ3v) is 7.68. The van der Waals surface area contributed by atoms with Gasteiger partial charge in [-0.1, -0.05) is 77.1 Å². The number of hydrogen-bond acceptors (Lipinski definition) is 4. The number of rotatable bonds is 8. The number of ether oxygens (including phenoxy) is 1. The Hall–Kier alpha value is -2.07. The molecule has 0 spiro atoms. The maximum absolute atomic E-state index is 13.4. The molecular formula is C29H38O3S. The van der Waals surface area contributed by atoms with Gasteiger partial charge in [0, 0.05) is 11.3 Å². The van der Waals surface area contributed by atoms with E-state index in [4.69, 9.17) is 4.74 Å². The maximum atomic E-state index is 13.4. The Morgan fingerprint density at radius 3 is 2.36 bits per heavy atom. The zero-order valence-corrected chi connectivity index (χ0v) is 21.8. The number of carbonyl (C=O) groups is 2. The molecule has 1 saturated heterocycles. The molecule has 0 saturated carbocycles. The molecule has 0 bridgehead atoms. The number of ketones is 1. The van der Waals surface area contributed by atoms with Crippen molar-refractivity contribution in [2.75, 3.05) is 0 Å². The van der Waals surface area contributed by atoms with E-state index in [0.29, 0.717) is 18.8 Å². The van der Waals surface area contributed by atoms with E-state index >= 15 is 0 Å². The summed E-state index contributed by atoms with van der Waals surface area (Å²) < 4.78 is 6.18. The van der Waals surface area contributed by atoms with Gasteiger partial charge < -0.3 is 4.74 Å². The maximum Gasteiger partial charge on any atom is 0.327 e. The SMILES string of the molecule is Cc1ccc(C(C)(C)C)c(SC2C(=O)CC(CCc3ccccc3)(CCC(C)C)OC2=O)c1. The van der Waals surface area contributed by atoms with Crippen LogP contribution in [0.25, 0.3) is 0 Å². The van der Waals surface area contributed by atoms with Crippen LogP contribution in [0.3, 0.4) is 0 Å². The predicted molar refractivity (Wildman–Crippen MR) is 137 cm³/mol. The number of carbonyl (C=O) groups excluding carboxylic acids is 2. The minimum absolute atomic E-state index is 0.00515. The largest absolute Gasteiger partial charge is 0.457 e. The quantitative estimate of drug-likeness (QED) is 0.308. The summed E-state index contributed by atoms with van der Waals surface area (Å²) in [4.78, 5) is 27.7. The molecule has 2 unspecified atom stereocenters. The topological polar surface area (TPSA) is 43.4 Å². The minimum Gasteiger partial charge on any atom is -0.457 e. The Morgan fingerprint density at radius 2 is 1.76 bits per heavy atom. The lowest BCUT2D eigenvalue weighted by atomic mass is 9.81. The fourth-order valence-corrected chi connectivity index (χ4v) is 5.77. The number of cyclic esters (lactones) is 1. The third kappa shape index (κ3) is 6.72. The Morgan fingerprint density at radius 1 is 1.06 bits per heavy atom. The average Bonchev–Trinajstić information content (AvgIpc) is 2.73. The smallest absolute Gasteiger partial charge is 0.327 e. The van der Waals surface area contributed by atoms with E-state index in [1.165, 1.54) is 17.3 Å². The minimum atomic E-state index is -0.795. The first-order valence-corrected chi connectivity index (χ1v) is 12.9. The molecule has 1 heterocycles. The number of Topliss-reactive ketones (excluding diaryl/α,β-unsaturated/α-hetero) is 1. The summed E-state index contributed by atoms with van der Waals surface area (Å²) in [6, 6.07) is 16.5. The van der Waals surface area contributed by atoms with Crippen LogP contribution in [0.1, 0.15) is 77.0 Å². The molecule has 3 rings (SSSR count). The fourth-order valence-electron chi connectivity index (χ4n) is 4.40. The van der Waals surface area contributed by atoms with Crippen molar-refractivity contribution < 1.29 is 14.3 Å². The second-order valence-electron chi connectivity index (χ2n) is 10.9. The Kier molecular flexibility index (Phi) is 8.10. The highest BCUT2D eigenvalue weighted by Crippen LogP contribution is 2.41. The van der Waals surface area contributed by atoms with Crippen molar-refractivity contribution in [3.05, 3.63) is 65.2 Å². The van der Waals surface area contributed by atoms with Gasteiger partial charge in [-0.3, -0.25) is 9.59 Å². The second kappa shape index (κ2) is 10.5. The number of esters is 1. The lowest BCUT2D eigenvalue weighted by molar-refractivity contribution is -0.171. The molecule has 2 aromatic carbocycles. The molecular weight excluding hydrogens is 428 g/mol. The Bertz CT molecular complexity index is 954. The molecule has 0 aromatic heterocycles. The molecule has 0 N–H and O–H groups in total. The van der Waals surface area contributed by atoms with Crippen molar-refractivity contribution in [2.45, 2.75) is 94.8 Å². The molecule has 2 aromatic rings. The van der Waals surface area contributed by atoms with Crippen molar-refractivity contribution in [3.63, 3.8) is 0 Å². The van der Waals surface area contributed by atoms with Crippen molar-refractivity contribution in [1.29, 1.82) is 0 Å². The Labute approximate surface area is 203 Å². The molecule has 33 heavy (non-hydrogen) atoms. The summed E-state index contributed by atoms with van der Waals surface area (Å²) in [7, 11) is 0. The molecule has 4 heteroatoms. The van der Waals surface area contributed by atoms with Crippen LogP contribution < -0.4 is 0 Å². The number of hydrogen-bond donors (Lipinski definition) is 0. The van der Waals surface area contributed by atoms with Crippen LogP contribution in [0.15, 0.2) is 53.4 Å². The van der Waals surface area contributed by atoms with Crippen LogP contribution in [0.4, 0.5) is 0 Å². The van der Waals surface area contributed by atoms with Crippen LogP contribution in [-0.2, 0) is 26.2 Å². The highest BCUT2D eigenvalue weighted by atomic mass is 32.2. The van der Waals surface area contributed by atoms with E-state index in [-0.39, 0.29) is 17.2 Å². The van der Waals surface area contributed by atoms with Crippen molar-refractivity contribution in [1.82, 2.24) is 0 Å². The molecule has 1 fully saturated rings. The average molecular weight is 467 g/mol. The van der Waals surface area contributed by atoms with Crippen molar-refractivity contribution >= 4 is 23.5 Å². The fraction of sp³-hybridized carbons (Fsp3) is 0.517. The summed E-state index contributed by atoms with van der Waals surface area (Å²) in [6.07, 6.45) is 3.43. The molecule has 178 valence electrons. The van der Waals surface area contributed by atoms with Gasteiger partial charge in [0.2, 0.25) is 0 Å². The van der Waals surface area contributed by atoms with Crippen molar-refractivity contribution in [2.24, 2.45) is 5.92 Å². The summed E-state index contributed by atoms with van der Waals surface area (Å²) in [5.41, 5.74) is 2.70. The first-order chi connectivity index (χ1) is 15.5. The zero-order valence-electron chi connectivity index (χ0n) is 20.9. The highest BCUT2D eigenvalue weighted by Gasteiger charge is 2.47. The molecule has 1 aliphatic rings. The molecule has 0 radical (unpaired) electrons. The molecule has 2 atom stereocenters. The van der Waals surface area contributed by atoms with Crippen LogP contribution in [0.2, 0.25) is 0 Å². The summed E-state index contributed by atoms with van der Waals surface area (Å²) >= 11 is 1.36. The van der Waals surface area contributed by atoms with E-state index in [1.807, 2.05) is 25.1 Å². The molecule has 0 amide bonds. The highest BCUT2D eigenvalue weighted by molar-refractivity contribution is 8.01. The molecule has 3 nitrogen and oxygen atoms in total. The monoisotopic (exact) mass is 466 g/mol. The van der Waals surface area contributed by atoms with E-state index in [9.17, 15) is 9.59 Å². The van der Waals surface area contributed by atoms with Crippen LogP contribution in [0, 0.1) is 12.8 Å². The molecule has 0 aliphatic carbocycles. The number of aryl methyl sites for hydroxylation is 2. The van der Waals surface area contributed by atoms with Gasteiger partial charge in [-0.15, -0.1) is 11.8 Å². The van der Waals surface area contributed by atoms with Gasteiger partial charge >= 0.3 is 5.97 Å². The summed E-state index contributed by atoms with van der Waals surface area (Å²) in [5, 5.41) is -0.795. The van der Waals surface area contributed by atoms with Gasteiger partial charge in [-0.2, -0.15) is 0 Å². The van der Waals surface area contributed by atoms with Gasteiger partial charge in [0.05, 0.1) is 0 Å². The van der Waals surface area contributed by atoms with E-state index < -0.39 is 10.9 Å². The van der Waals surface area contributed by atoms with Crippen LogP contribution in [0.5, 0.6) is 0 Å². The van der Waals surface area contributed by atoms with Crippen molar-refractivity contribution in [3.8, 4) is 0 Å². The van der Waals surface area contributed by atoms with Gasteiger partial charge in [-0.25, -0.2) is 0 Å². The van der Waals surface area contributed by atoms with Gasteiger partial charge in [0.25, 0.3) is 0 Å². The van der Waals surface area contributed by atoms with Gasteiger partial charge in [0.15, 0.2) is 11.0 Å². The number of benzene rings is 2. The third-order valence-electron chi connectivity index (χ3n) is 6.40. The lowest BCUT2D eigenvalue weighted by Crippen LogP contribution is -2.49. The zero-order chi connectivity index (χ0) is 24.2. The first kappa shape index (κ1) is 25.6. The second-order valence-corrected chi connectivity index (χ2v) is 12.1.